The quantitative estimate of drug-likeness (QED) is 0.382. The summed E-state index contributed by atoms with van der Waals surface area (Å²) in [5.41, 5.74) is 2.82. The van der Waals surface area contributed by atoms with Gasteiger partial charge < -0.3 is 9.80 Å². The van der Waals surface area contributed by atoms with Gasteiger partial charge in [-0.3, -0.25) is 14.6 Å². The van der Waals surface area contributed by atoms with Crippen LogP contribution in [0.15, 0.2) is 12.3 Å². The van der Waals surface area contributed by atoms with Crippen molar-refractivity contribution in [2.45, 2.75) is 31.1 Å². The van der Waals surface area contributed by atoms with E-state index in [0.29, 0.717) is 11.5 Å². The van der Waals surface area contributed by atoms with Crippen molar-refractivity contribution in [2.75, 3.05) is 32.9 Å². The van der Waals surface area contributed by atoms with Crippen LogP contribution < -0.4 is 5.48 Å². The molecule has 2 amide bonds. The Hall–Kier alpha value is -2.79. The third-order valence-electron chi connectivity index (χ3n) is 5.93. The van der Waals surface area contributed by atoms with E-state index in [4.69, 9.17) is 5.21 Å². The van der Waals surface area contributed by atoms with E-state index in [1.807, 2.05) is 0 Å². The number of carbonyl (C=O) groups is 2. The second-order valence-corrected chi connectivity index (χ2v) is 10.7. The second kappa shape index (κ2) is 8.75. The lowest BCUT2D eigenvalue weighted by molar-refractivity contribution is -0.131. The largest absolute Gasteiger partial charge is 0.328 e. The number of hydrogen-bond acceptors (Lipinski definition) is 6. The van der Waals surface area contributed by atoms with Gasteiger partial charge in [0.2, 0.25) is 0 Å². The highest BCUT2D eigenvalue weighted by atomic mass is 32.2. The molecule has 0 bridgehead atoms. The minimum Gasteiger partial charge on any atom is -0.318 e. The van der Waals surface area contributed by atoms with Gasteiger partial charge in [0, 0.05) is 42.7 Å². The second-order valence-electron chi connectivity index (χ2n) is 8.26. The summed E-state index contributed by atoms with van der Waals surface area (Å²) < 4.78 is 23.8. The van der Waals surface area contributed by atoms with E-state index >= 15 is 0 Å². The fourth-order valence-electron chi connectivity index (χ4n) is 3.70. The molecule has 0 saturated carbocycles. The zero-order valence-electron chi connectivity index (χ0n) is 17.8. The Balaban J connectivity index is 1.63. The summed E-state index contributed by atoms with van der Waals surface area (Å²) >= 11 is 0. The maximum atomic E-state index is 12.7. The summed E-state index contributed by atoms with van der Waals surface area (Å²) in [7, 11) is -1.75. The molecule has 2 atom stereocenters. The van der Waals surface area contributed by atoms with Crippen LogP contribution in [0.5, 0.6) is 0 Å². The number of hydrogen-bond donors (Lipinski definition) is 2. The van der Waals surface area contributed by atoms with Crippen molar-refractivity contribution < 1.29 is 23.2 Å². The molecule has 3 heterocycles. The summed E-state index contributed by atoms with van der Waals surface area (Å²) in [6.07, 6.45) is 3.46. The Kier molecular flexibility index (Phi) is 6.46. The van der Waals surface area contributed by atoms with Crippen LogP contribution in [0.4, 0.5) is 4.79 Å². The van der Waals surface area contributed by atoms with Gasteiger partial charge >= 0.3 is 6.03 Å². The highest BCUT2D eigenvalue weighted by Gasteiger charge is 2.44. The standard InChI is InChI=1S/C21H26N4O5S/c1-21(19(26)22-28,31(3,29)30)9-11-24-15-18-12-17(14-25(18)20(24)27)7-5-4-6-16-8-10-23(2)13-16/h12,14,16,28H,8-11,13,15H2,1-3H3,(H,22,26). The van der Waals surface area contributed by atoms with E-state index in [1.165, 1.54) is 21.9 Å². The molecular formula is C21H26N4O5S. The van der Waals surface area contributed by atoms with Gasteiger partial charge in [0.25, 0.3) is 5.91 Å². The Morgan fingerprint density at radius 3 is 2.71 bits per heavy atom. The molecule has 31 heavy (non-hydrogen) atoms. The minimum atomic E-state index is -3.82. The van der Waals surface area contributed by atoms with Gasteiger partial charge in [0.1, 0.15) is 0 Å². The van der Waals surface area contributed by atoms with Gasteiger partial charge in [-0.15, -0.1) is 0 Å². The average molecular weight is 447 g/mol. The van der Waals surface area contributed by atoms with E-state index in [-0.39, 0.29) is 25.5 Å². The van der Waals surface area contributed by atoms with Crippen molar-refractivity contribution in [1.82, 2.24) is 19.8 Å². The van der Waals surface area contributed by atoms with Crippen molar-refractivity contribution in [3.8, 4) is 23.7 Å². The zero-order valence-corrected chi connectivity index (χ0v) is 18.6. The number of nitrogens with zero attached hydrogens (tertiary/aromatic N) is 3. The molecule has 0 aliphatic carbocycles. The Morgan fingerprint density at radius 1 is 1.39 bits per heavy atom. The van der Waals surface area contributed by atoms with E-state index in [2.05, 4.69) is 35.6 Å². The number of hydroxylamine groups is 1. The smallest absolute Gasteiger partial charge is 0.318 e. The zero-order chi connectivity index (χ0) is 22.8. The van der Waals surface area contributed by atoms with Crippen LogP contribution in [0.3, 0.4) is 0 Å². The molecule has 3 rings (SSSR count). The molecule has 2 aliphatic heterocycles. The predicted octanol–water partition coefficient (Wildman–Crippen LogP) is 0.277. The van der Waals surface area contributed by atoms with Gasteiger partial charge in [-0.25, -0.2) is 18.7 Å². The number of rotatable bonds is 5. The summed E-state index contributed by atoms with van der Waals surface area (Å²) in [5.74, 6) is 11.2. The monoisotopic (exact) mass is 446 g/mol. The van der Waals surface area contributed by atoms with Gasteiger partial charge in [0.05, 0.1) is 6.54 Å². The molecule has 0 radical (unpaired) electrons. The van der Waals surface area contributed by atoms with Gasteiger partial charge in [-0.1, -0.05) is 11.8 Å². The number of nitrogens with one attached hydrogen (secondary N) is 1. The van der Waals surface area contributed by atoms with Crippen LogP contribution in [0.2, 0.25) is 0 Å². The van der Waals surface area contributed by atoms with Crippen molar-refractivity contribution >= 4 is 21.8 Å². The Morgan fingerprint density at radius 2 is 2.13 bits per heavy atom. The average Bonchev–Trinajstić information content (AvgIpc) is 3.38. The summed E-state index contributed by atoms with van der Waals surface area (Å²) in [6.45, 7) is 3.55. The topological polar surface area (TPSA) is 112 Å². The number of sulfone groups is 1. The molecule has 0 aromatic carbocycles. The van der Waals surface area contributed by atoms with Crippen molar-refractivity contribution in [3.05, 3.63) is 23.5 Å². The number of aromatic nitrogens is 1. The predicted molar refractivity (Wildman–Crippen MR) is 114 cm³/mol. The highest BCUT2D eigenvalue weighted by Crippen LogP contribution is 2.25. The Labute approximate surface area is 182 Å². The van der Waals surface area contributed by atoms with E-state index in [9.17, 15) is 18.0 Å². The van der Waals surface area contributed by atoms with Crippen molar-refractivity contribution in [3.63, 3.8) is 0 Å². The molecule has 1 aromatic rings. The highest BCUT2D eigenvalue weighted by molar-refractivity contribution is 7.92. The number of likely N-dealkylation sites (tertiary alicyclic amines) is 1. The minimum absolute atomic E-state index is 0.0415. The lowest BCUT2D eigenvalue weighted by atomic mass is 10.1. The van der Waals surface area contributed by atoms with Crippen molar-refractivity contribution in [2.24, 2.45) is 5.92 Å². The first kappa shape index (κ1) is 22.9. The van der Waals surface area contributed by atoms with Crippen LogP contribution >= 0.6 is 0 Å². The summed E-state index contributed by atoms with van der Waals surface area (Å²) in [5, 5.41) is 8.91. The summed E-state index contributed by atoms with van der Waals surface area (Å²) in [6, 6.07) is 1.48. The van der Waals surface area contributed by atoms with Crippen LogP contribution in [0.25, 0.3) is 0 Å². The maximum absolute atomic E-state index is 12.7. The number of fused-ring (bicyclic) bond motifs is 1. The lowest BCUT2D eigenvalue weighted by Gasteiger charge is -2.27. The molecule has 1 aromatic heterocycles. The Bertz CT molecular complexity index is 1120. The molecule has 166 valence electrons. The maximum Gasteiger partial charge on any atom is 0.328 e. The fraction of sp³-hybridized carbons (Fsp3) is 0.524. The van der Waals surface area contributed by atoms with E-state index in [0.717, 1.165) is 31.5 Å². The number of amides is 2. The third-order valence-corrected chi connectivity index (χ3v) is 7.95. The first-order valence-electron chi connectivity index (χ1n) is 9.90. The van der Waals surface area contributed by atoms with Crippen LogP contribution in [-0.2, 0) is 21.2 Å². The molecule has 10 heteroatoms. The van der Waals surface area contributed by atoms with Crippen LogP contribution in [-0.4, -0.2) is 77.6 Å². The van der Waals surface area contributed by atoms with E-state index < -0.39 is 20.5 Å². The van der Waals surface area contributed by atoms with Gasteiger partial charge in [0.15, 0.2) is 14.6 Å². The molecule has 1 saturated heterocycles. The fourth-order valence-corrected chi connectivity index (χ4v) is 4.54. The normalized spacial score (nSPS) is 20.3. The number of carbonyl (C=O) groups excluding carboxylic acids is 2. The molecular weight excluding hydrogens is 420 g/mol. The van der Waals surface area contributed by atoms with Gasteiger partial charge in [-0.2, -0.15) is 0 Å². The third kappa shape index (κ3) is 4.77. The van der Waals surface area contributed by atoms with Crippen molar-refractivity contribution in [1.29, 1.82) is 0 Å². The first-order valence-corrected chi connectivity index (χ1v) is 11.8. The molecule has 1 fully saturated rings. The van der Waals surface area contributed by atoms with Crippen LogP contribution in [0, 0.1) is 29.6 Å². The SMILES string of the molecule is CN1CCC(C#CC#Cc2cc3n(c2)C(=O)N(CCC(C)(C(=O)NO)S(C)(=O)=O)C3)C1. The molecule has 9 nitrogen and oxygen atoms in total. The lowest BCUT2D eigenvalue weighted by Crippen LogP contribution is -2.50. The molecule has 0 spiro atoms. The van der Waals surface area contributed by atoms with Gasteiger partial charge in [-0.05, 0) is 51.3 Å². The molecule has 2 aliphatic rings. The molecule has 2 unspecified atom stereocenters. The van der Waals surface area contributed by atoms with E-state index in [1.54, 1.807) is 12.3 Å². The summed E-state index contributed by atoms with van der Waals surface area (Å²) in [4.78, 5) is 28.3. The van der Waals surface area contributed by atoms with Crippen LogP contribution in [0.1, 0.15) is 31.0 Å². The molecule has 2 N–H and O–H groups in total. The first-order chi connectivity index (χ1) is 14.5.